The van der Waals surface area contributed by atoms with E-state index in [0.29, 0.717) is 11.6 Å². The van der Waals surface area contributed by atoms with Crippen LogP contribution in [0.5, 0.6) is 0 Å². The summed E-state index contributed by atoms with van der Waals surface area (Å²) in [6.07, 6.45) is 0. The van der Waals surface area contributed by atoms with Crippen LogP contribution in [0.3, 0.4) is 0 Å². The lowest BCUT2D eigenvalue weighted by atomic mass is 10.1. The van der Waals surface area contributed by atoms with Gasteiger partial charge in [0, 0.05) is 11.6 Å². The van der Waals surface area contributed by atoms with E-state index in [1.807, 2.05) is 19.9 Å². The highest BCUT2D eigenvalue weighted by Gasteiger charge is 2.14. The Bertz CT molecular complexity index is 640. The fourth-order valence-electron chi connectivity index (χ4n) is 2.02. The van der Waals surface area contributed by atoms with Gasteiger partial charge < -0.3 is 11.1 Å². The number of carbonyl (C=O) groups excluding carboxylic acids is 1. The van der Waals surface area contributed by atoms with Crippen LogP contribution in [-0.4, -0.2) is 5.91 Å². The van der Waals surface area contributed by atoms with E-state index < -0.39 is 17.5 Å². The highest BCUT2D eigenvalue weighted by atomic mass is 19.1. The summed E-state index contributed by atoms with van der Waals surface area (Å²) in [6, 6.07) is 6.91. The van der Waals surface area contributed by atoms with Gasteiger partial charge in [0.25, 0.3) is 5.91 Å². The van der Waals surface area contributed by atoms with Crippen molar-refractivity contribution in [2.24, 2.45) is 0 Å². The number of hydrogen-bond acceptors (Lipinski definition) is 2. The quantitative estimate of drug-likeness (QED) is 0.826. The Labute approximate surface area is 115 Å². The van der Waals surface area contributed by atoms with Crippen molar-refractivity contribution >= 4 is 17.3 Å². The highest BCUT2D eigenvalue weighted by molar-refractivity contribution is 6.06. The van der Waals surface area contributed by atoms with Gasteiger partial charge in [0.05, 0.1) is 5.69 Å². The SMILES string of the molecule is Cc1cc(C)cc(C(=O)Nc2c(N)cc(F)cc2F)c1. The van der Waals surface area contributed by atoms with Crippen LogP contribution >= 0.6 is 0 Å². The van der Waals surface area contributed by atoms with Crippen LogP contribution in [0.15, 0.2) is 30.3 Å². The van der Waals surface area contributed by atoms with Gasteiger partial charge in [-0.2, -0.15) is 0 Å². The maximum Gasteiger partial charge on any atom is 0.255 e. The minimum Gasteiger partial charge on any atom is -0.397 e. The summed E-state index contributed by atoms with van der Waals surface area (Å²) >= 11 is 0. The first-order chi connectivity index (χ1) is 9.36. The van der Waals surface area contributed by atoms with Gasteiger partial charge in [0.1, 0.15) is 11.5 Å². The number of nitrogens with two attached hydrogens (primary N) is 1. The van der Waals surface area contributed by atoms with E-state index >= 15 is 0 Å². The van der Waals surface area contributed by atoms with Crippen molar-refractivity contribution in [3.63, 3.8) is 0 Å². The van der Waals surface area contributed by atoms with Crippen LogP contribution in [0, 0.1) is 25.5 Å². The number of hydrogen-bond donors (Lipinski definition) is 2. The lowest BCUT2D eigenvalue weighted by Crippen LogP contribution is -2.15. The molecule has 2 aromatic carbocycles. The first-order valence-corrected chi connectivity index (χ1v) is 6.01. The Balaban J connectivity index is 2.32. The standard InChI is InChI=1S/C15H14F2N2O/c1-8-3-9(2)5-10(4-8)15(20)19-14-12(17)6-11(16)7-13(14)18/h3-7H,18H2,1-2H3,(H,19,20). The number of nitrogens with one attached hydrogen (secondary N) is 1. The largest absolute Gasteiger partial charge is 0.397 e. The second-order valence-corrected chi connectivity index (χ2v) is 4.68. The smallest absolute Gasteiger partial charge is 0.255 e. The maximum absolute atomic E-state index is 13.6. The maximum atomic E-state index is 13.6. The zero-order chi connectivity index (χ0) is 14.9. The average molecular weight is 276 g/mol. The van der Waals surface area contributed by atoms with E-state index in [1.165, 1.54) is 0 Å². The molecule has 0 aliphatic heterocycles. The third-order valence-electron chi connectivity index (χ3n) is 2.81. The zero-order valence-electron chi connectivity index (χ0n) is 11.1. The molecule has 0 fully saturated rings. The predicted octanol–water partition coefficient (Wildman–Crippen LogP) is 3.42. The number of benzene rings is 2. The molecule has 0 saturated carbocycles. The molecule has 0 unspecified atom stereocenters. The van der Waals surface area contributed by atoms with E-state index in [2.05, 4.69) is 5.32 Å². The van der Waals surface area contributed by atoms with Gasteiger partial charge >= 0.3 is 0 Å². The summed E-state index contributed by atoms with van der Waals surface area (Å²) in [4.78, 5) is 12.1. The molecular formula is C15H14F2N2O. The third kappa shape index (κ3) is 2.93. The molecule has 0 radical (unpaired) electrons. The molecule has 0 atom stereocenters. The summed E-state index contributed by atoms with van der Waals surface area (Å²) in [5, 5.41) is 2.37. The lowest BCUT2D eigenvalue weighted by molar-refractivity contribution is 0.102. The second-order valence-electron chi connectivity index (χ2n) is 4.68. The van der Waals surface area contributed by atoms with Gasteiger partial charge in [0.15, 0.2) is 5.82 Å². The molecule has 0 bridgehead atoms. The van der Waals surface area contributed by atoms with E-state index in [9.17, 15) is 13.6 Å². The van der Waals surface area contributed by atoms with Crippen LogP contribution in [0.2, 0.25) is 0 Å². The molecule has 0 aromatic heterocycles. The fraction of sp³-hybridized carbons (Fsp3) is 0.133. The number of aryl methyl sites for hydroxylation is 2. The number of halogens is 2. The van der Waals surface area contributed by atoms with Gasteiger partial charge in [-0.1, -0.05) is 17.2 Å². The number of nitrogen functional groups attached to an aromatic ring is 1. The van der Waals surface area contributed by atoms with Crippen molar-refractivity contribution in [1.29, 1.82) is 0 Å². The van der Waals surface area contributed by atoms with E-state index in [-0.39, 0.29) is 11.4 Å². The van der Waals surface area contributed by atoms with Crippen molar-refractivity contribution < 1.29 is 13.6 Å². The van der Waals surface area contributed by atoms with Crippen molar-refractivity contribution in [2.45, 2.75) is 13.8 Å². The summed E-state index contributed by atoms with van der Waals surface area (Å²) in [7, 11) is 0. The highest BCUT2D eigenvalue weighted by Crippen LogP contribution is 2.24. The molecule has 5 heteroatoms. The van der Waals surface area contributed by atoms with E-state index in [0.717, 1.165) is 17.2 Å². The van der Waals surface area contributed by atoms with Gasteiger partial charge in [-0.15, -0.1) is 0 Å². The molecule has 3 nitrogen and oxygen atoms in total. The summed E-state index contributed by atoms with van der Waals surface area (Å²) in [5.74, 6) is -2.18. The number of rotatable bonds is 2. The number of carbonyl (C=O) groups is 1. The Morgan fingerprint density at radius 1 is 1.05 bits per heavy atom. The Morgan fingerprint density at radius 3 is 2.20 bits per heavy atom. The van der Waals surface area contributed by atoms with E-state index in [4.69, 9.17) is 5.73 Å². The Kier molecular flexibility index (Phi) is 3.70. The molecule has 0 aliphatic rings. The van der Waals surface area contributed by atoms with Crippen LogP contribution < -0.4 is 11.1 Å². The van der Waals surface area contributed by atoms with Crippen molar-refractivity contribution in [3.05, 3.63) is 58.7 Å². The van der Waals surface area contributed by atoms with Crippen LogP contribution in [0.4, 0.5) is 20.2 Å². The normalized spacial score (nSPS) is 10.4. The number of amides is 1. The predicted molar refractivity (Wildman–Crippen MR) is 74.6 cm³/mol. The molecule has 0 aliphatic carbocycles. The van der Waals surface area contributed by atoms with Gasteiger partial charge in [0.2, 0.25) is 0 Å². The number of anilines is 2. The molecule has 3 N–H and O–H groups in total. The second kappa shape index (κ2) is 5.28. The average Bonchev–Trinajstić information content (AvgIpc) is 2.32. The topological polar surface area (TPSA) is 55.1 Å². The molecule has 2 rings (SSSR count). The lowest BCUT2D eigenvalue weighted by Gasteiger charge is -2.10. The van der Waals surface area contributed by atoms with Crippen molar-refractivity contribution in [3.8, 4) is 0 Å². The molecular weight excluding hydrogens is 262 g/mol. The molecule has 0 heterocycles. The molecule has 0 saturated heterocycles. The monoisotopic (exact) mass is 276 g/mol. The van der Waals surface area contributed by atoms with Crippen LogP contribution in [0.1, 0.15) is 21.5 Å². The third-order valence-corrected chi connectivity index (χ3v) is 2.81. The van der Waals surface area contributed by atoms with Gasteiger partial charge in [-0.05, 0) is 32.0 Å². The Hall–Kier alpha value is -2.43. The molecule has 20 heavy (non-hydrogen) atoms. The summed E-state index contributed by atoms with van der Waals surface area (Å²) in [5.41, 5.74) is 7.38. The first kappa shape index (κ1) is 14.0. The summed E-state index contributed by atoms with van der Waals surface area (Å²) in [6.45, 7) is 3.72. The molecule has 1 amide bonds. The van der Waals surface area contributed by atoms with Crippen molar-refractivity contribution in [1.82, 2.24) is 0 Å². The zero-order valence-corrected chi connectivity index (χ0v) is 11.1. The van der Waals surface area contributed by atoms with Crippen LogP contribution in [0.25, 0.3) is 0 Å². The minimum atomic E-state index is -0.903. The molecule has 0 spiro atoms. The van der Waals surface area contributed by atoms with Crippen LogP contribution in [-0.2, 0) is 0 Å². The van der Waals surface area contributed by atoms with E-state index in [1.54, 1.807) is 12.1 Å². The van der Waals surface area contributed by atoms with Gasteiger partial charge in [-0.3, -0.25) is 4.79 Å². The van der Waals surface area contributed by atoms with Crippen molar-refractivity contribution in [2.75, 3.05) is 11.1 Å². The molecule has 104 valence electrons. The first-order valence-electron chi connectivity index (χ1n) is 6.01. The fourth-order valence-corrected chi connectivity index (χ4v) is 2.02. The molecule has 2 aromatic rings. The van der Waals surface area contributed by atoms with Gasteiger partial charge in [-0.25, -0.2) is 8.78 Å². The summed E-state index contributed by atoms with van der Waals surface area (Å²) < 4.78 is 26.6. The Morgan fingerprint density at radius 2 is 1.65 bits per heavy atom. The minimum absolute atomic E-state index is 0.153.